The molecule has 1 aromatic carbocycles. The largest absolute Gasteiger partial charge is 0.338 e. The average Bonchev–Trinajstić information content (AvgIpc) is 2.53. The number of piperazine rings is 1. The lowest BCUT2D eigenvalue weighted by molar-refractivity contribution is -0.133. The van der Waals surface area contributed by atoms with E-state index < -0.39 is 0 Å². The highest BCUT2D eigenvalue weighted by Crippen LogP contribution is 2.09. The Labute approximate surface area is 132 Å². The molecule has 0 radical (unpaired) electrons. The van der Waals surface area contributed by atoms with Crippen molar-refractivity contribution >= 4 is 5.91 Å². The fraction of sp³-hybridized carbons (Fsp3) is 0.588. The third-order valence-electron chi connectivity index (χ3n) is 4.27. The van der Waals surface area contributed by atoms with Crippen molar-refractivity contribution in [1.29, 1.82) is 0 Å². The normalized spacial score (nSPS) is 16.7. The number of likely N-dealkylation sites (N-methyl/N-ethyl adjacent to an activating group) is 2. The molecule has 1 aliphatic rings. The molecule has 0 N–H and O–H groups in total. The second-order valence-corrected chi connectivity index (χ2v) is 5.75. The molecule has 2 rings (SSSR count). The fourth-order valence-electron chi connectivity index (χ4n) is 2.79. The molecule has 4 nitrogen and oxygen atoms in total. The van der Waals surface area contributed by atoms with E-state index >= 15 is 0 Å². The number of carbonyl (C=O) groups is 1. The van der Waals surface area contributed by atoms with E-state index in [2.05, 4.69) is 16.7 Å². The molecule has 0 aliphatic carbocycles. The molecule has 1 aromatic rings. The summed E-state index contributed by atoms with van der Waals surface area (Å²) < 4.78 is 13.2. The van der Waals surface area contributed by atoms with Crippen LogP contribution in [0.4, 0.5) is 4.39 Å². The Morgan fingerprint density at radius 3 is 2.45 bits per heavy atom. The lowest BCUT2D eigenvalue weighted by Gasteiger charge is -2.34. The predicted molar refractivity (Wildman–Crippen MR) is 86.0 cm³/mol. The Hall–Kier alpha value is -1.46. The third kappa shape index (κ3) is 4.78. The number of hydrogen-bond acceptors (Lipinski definition) is 3. The minimum Gasteiger partial charge on any atom is -0.338 e. The standard InChI is InChI=1S/C17H26FN3O/c1-3-19-8-10-20(11-9-19)14-17(22)21(4-2)13-15-6-5-7-16(18)12-15/h5-7,12H,3-4,8-11,13-14H2,1-2H3. The first kappa shape index (κ1) is 16.9. The number of halogens is 1. The molecular formula is C17H26FN3O. The molecule has 0 unspecified atom stereocenters. The molecule has 0 aromatic heterocycles. The van der Waals surface area contributed by atoms with Gasteiger partial charge in [0.1, 0.15) is 5.82 Å². The Morgan fingerprint density at radius 1 is 1.18 bits per heavy atom. The van der Waals surface area contributed by atoms with Gasteiger partial charge in [0.15, 0.2) is 0 Å². The van der Waals surface area contributed by atoms with E-state index in [4.69, 9.17) is 0 Å². The molecule has 0 saturated carbocycles. The van der Waals surface area contributed by atoms with Crippen molar-refractivity contribution < 1.29 is 9.18 Å². The van der Waals surface area contributed by atoms with E-state index in [1.807, 2.05) is 13.0 Å². The van der Waals surface area contributed by atoms with Gasteiger partial charge in [-0.3, -0.25) is 9.69 Å². The van der Waals surface area contributed by atoms with E-state index in [1.54, 1.807) is 11.0 Å². The minimum absolute atomic E-state index is 0.122. The fourth-order valence-corrected chi connectivity index (χ4v) is 2.79. The molecule has 1 heterocycles. The second kappa shape index (κ2) is 8.25. The SMILES string of the molecule is CCN1CCN(CC(=O)N(CC)Cc2cccc(F)c2)CC1. The number of hydrogen-bond donors (Lipinski definition) is 0. The molecule has 0 bridgehead atoms. The van der Waals surface area contributed by atoms with E-state index in [-0.39, 0.29) is 11.7 Å². The Kier molecular flexibility index (Phi) is 6.34. The van der Waals surface area contributed by atoms with Crippen LogP contribution in [-0.2, 0) is 11.3 Å². The van der Waals surface area contributed by atoms with Gasteiger partial charge in [-0.1, -0.05) is 19.1 Å². The van der Waals surface area contributed by atoms with Crippen LogP contribution >= 0.6 is 0 Å². The first-order chi connectivity index (χ1) is 10.6. The molecule has 0 spiro atoms. The average molecular weight is 307 g/mol. The quantitative estimate of drug-likeness (QED) is 0.802. The Morgan fingerprint density at radius 2 is 1.86 bits per heavy atom. The molecule has 1 fully saturated rings. The van der Waals surface area contributed by atoms with Crippen molar-refractivity contribution in [3.8, 4) is 0 Å². The zero-order valence-corrected chi connectivity index (χ0v) is 13.6. The molecule has 22 heavy (non-hydrogen) atoms. The Balaban J connectivity index is 1.86. The zero-order chi connectivity index (χ0) is 15.9. The molecule has 0 atom stereocenters. The molecule has 5 heteroatoms. The summed E-state index contributed by atoms with van der Waals surface area (Å²) in [5.41, 5.74) is 0.839. The van der Waals surface area contributed by atoms with E-state index in [9.17, 15) is 9.18 Å². The summed E-state index contributed by atoms with van der Waals surface area (Å²) in [6.07, 6.45) is 0. The van der Waals surface area contributed by atoms with Crippen LogP contribution in [0, 0.1) is 5.82 Å². The highest BCUT2D eigenvalue weighted by molar-refractivity contribution is 5.78. The summed E-state index contributed by atoms with van der Waals surface area (Å²) in [7, 11) is 0. The number of amides is 1. The molecule has 1 amide bonds. The maximum atomic E-state index is 13.2. The molecular weight excluding hydrogens is 281 g/mol. The lowest BCUT2D eigenvalue weighted by Crippen LogP contribution is -2.49. The van der Waals surface area contributed by atoms with Crippen molar-refractivity contribution in [3.05, 3.63) is 35.6 Å². The number of carbonyl (C=O) groups excluding carboxylic acids is 1. The summed E-state index contributed by atoms with van der Waals surface area (Å²) in [6, 6.07) is 6.47. The summed E-state index contributed by atoms with van der Waals surface area (Å²) >= 11 is 0. The maximum absolute atomic E-state index is 13.2. The first-order valence-corrected chi connectivity index (χ1v) is 8.09. The van der Waals surface area contributed by atoms with E-state index in [1.165, 1.54) is 12.1 Å². The van der Waals surface area contributed by atoms with E-state index in [0.717, 1.165) is 38.3 Å². The highest BCUT2D eigenvalue weighted by Gasteiger charge is 2.20. The minimum atomic E-state index is -0.253. The first-order valence-electron chi connectivity index (χ1n) is 8.09. The maximum Gasteiger partial charge on any atom is 0.237 e. The van der Waals surface area contributed by atoms with Gasteiger partial charge < -0.3 is 9.80 Å². The lowest BCUT2D eigenvalue weighted by atomic mass is 10.2. The summed E-state index contributed by atoms with van der Waals surface area (Å²) in [4.78, 5) is 18.9. The molecule has 1 aliphatic heterocycles. The molecule has 1 saturated heterocycles. The van der Waals surface area contributed by atoms with Gasteiger partial charge in [0.2, 0.25) is 5.91 Å². The van der Waals surface area contributed by atoms with Gasteiger partial charge in [-0.25, -0.2) is 4.39 Å². The Bertz CT molecular complexity index is 487. The topological polar surface area (TPSA) is 26.8 Å². The summed E-state index contributed by atoms with van der Waals surface area (Å²) in [5, 5.41) is 0. The zero-order valence-electron chi connectivity index (χ0n) is 13.6. The van der Waals surface area contributed by atoms with E-state index in [0.29, 0.717) is 19.6 Å². The second-order valence-electron chi connectivity index (χ2n) is 5.75. The van der Waals surface area contributed by atoms with Crippen molar-refractivity contribution in [1.82, 2.24) is 14.7 Å². The predicted octanol–water partition coefficient (Wildman–Crippen LogP) is 1.81. The van der Waals surface area contributed by atoms with Gasteiger partial charge in [-0.15, -0.1) is 0 Å². The van der Waals surface area contributed by atoms with Crippen molar-refractivity contribution in [2.75, 3.05) is 45.8 Å². The number of nitrogens with zero attached hydrogens (tertiary/aromatic N) is 3. The third-order valence-corrected chi connectivity index (χ3v) is 4.27. The van der Waals surface area contributed by atoms with Crippen molar-refractivity contribution in [2.24, 2.45) is 0 Å². The number of benzene rings is 1. The summed E-state index contributed by atoms with van der Waals surface area (Å²) in [6.45, 7) is 10.7. The van der Waals surface area contributed by atoms with Gasteiger partial charge in [0.25, 0.3) is 0 Å². The van der Waals surface area contributed by atoms with Crippen LogP contribution in [-0.4, -0.2) is 66.4 Å². The van der Waals surface area contributed by atoms with Crippen LogP contribution in [0.15, 0.2) is 24.3 Å². The van der Waals surface area contributed by atoms with Gasteiger partial charge in [0, 0.05) is 39.3 Å². The monoisotopic (exact) mass is 307 g/mol. The van der Waals surface area contributed by atoms with Gasteiger partial charge in [-0.05, 0) is 31.2 Å². The van der Waals surface area contributed by atoms with Crippen LogP contribution in [0.2, 0.25) is 0 Å². The van der Waals surface area contributed by atoms with Crippen molar-refractivity contribution in [2.45, 2.75) is 20.4 Å². The van der Waals surface area contributed by atoms with Gasteiger partial charge in [0.05, 0.1) is 6.54 Å². The highest BCUT2D eigenvalue weighted by atomic mass is 19.1. The van der Waals surface area contributed by atoms with Crippen LogP contribution in [0.1, 0.15) is 19.4 Å². The van der Waals surface area contributed by atoms with Crippen LogP contribution < -0.4 is 0 Å². The van der Waals surface area contributed by atoms with Crippen LogP contribution in [0.5, 0.6) is 0 Å². The number of rotatable bonds is 6. The van der Waals surface area contributed by atoms with Crippen LogP contribution in [0.3, 0.4) is 0 Å². The van der Waals surface area contributed by atoms with Gasteiger partial charge in [-0.2, -0.15) is 0 Å². The smallest absolute Gasteiger partial charge is 0.237 e. The van der Waals surface area contributed by atoms with Crippen molar-refractivity contribution in [3.63, 3.8) is 0 Å². The molecule has 122 valence electrons. The summed E-state index contributed by atoms with van der Waals surface area (Å²) in [5.74, 6) is -0.131. The van der Waals surface area contributed by atoms with Gasteiger partial charge >= 0.3 is 0 Å². The van der Waals surface area contributed by atoms with Crippen LogP contribution in [0.25, 0.3) is 0 Å².